The zero-order chi connectivity index (χ0) is 33.2. The Morgan fingerprint density at radius 1 is 1.20 bits per heavy atom. The summed E-state index contributed by atoms with van der Waals surface area (Å²) in [6, 6.07) is 9.12. The molecule has 4 aromatic rings. The SMILES string of the molecule is CCOc1c(C)cc(C(CNC(=O)c2cc(OC)c3nn(C4CC4)cc3c2)C2CC2)nc1-c1ccc(C(F)(F)F)cc1Cl.NC=O. The van der Waals surface area contributed by atoms with Crippen molar-refractivity contribution < 1.29 is 32.2 Å². The van der Waals surface area contributed by atoms with Crippen LogP contribution in [0.1, 0.15) is 71.7 Å². The van der Waals surface area contributed by atoms with Crippen molar-refractivity contribution >= 4 is 34.8 Å². The summed E-state index contributed by atoms with van der Waals surface area (Å²) < 4.78 is 53.3. The number of aryl methyl sites for hydroxylation is 1. The fraction of sp³-hybridized carbons (Fsp3) is 0.394. The van der Waals surface area contributed by atoms with Gasteiger partial charge in [0.25, 0.3) is 5.91 Å². The number of carbonyl (C=O) groups is 2. The van der Waals surface area contributed by atoms with Gasteiger partial charge in [-0.15, -0.1) is 0 Å². The lowest BCUT2D eigenvalue weighted by Crippen LogP contribution is -2.29. The Bertz CT molecular complexity index is 1750. The summed E-state index contributed by atoms with van der Waals surface area (Å²) in [4.78, 5) is 26.9. The van der Waals surface area contributed by atoms with E-state index in [2.05, 4.69) is 16.1 Å². The van der Waals surface area contributed by atoms with Crippen LogP contribution in [0.5, 0.6) is 11.5 Å². The Morgan fingerprint density at radius 3 is 2.50 bits per heavy atom. The summed E-state index contributed by atoms with van der Waals surface area (Å²) in [5.41, 5.74) is 6.79. The number of hydrogen-bond donors (Lipinski definition) is 2. The smallest absolute Gasteiger partial charge is 0.416 e. The van der Waals surface area contributed by atoms with E-state index in [9.17, 15) is 18.0 Å². The van der Waals surface area contributed by atoms with Crippen LogP contribution in [0.15, 0.2) is 42.6 Å². The van der Waals surface area contributed by atoms with Gasteiger partial charge in [-0.1, -0.05) is 17.7 Å². The molecule has 0 radical (unpaired) electrons. The predicted molar refractivity (Wildman–Crippen MR) is 168 cm³/mol. The maximum atomic E-state index is 13.4. The van der Waals surface area contributed by atoms with Crippen molar-refractivity contribution in [3.63, 3.8) is 0 Å². The van der Waals surface area contributed by atoms with Crippen LogP contribution in [0.2, 0.25) is 5.02 Å². The van der Waals surface area contributed by atoms with E-state index < -0.39 is 11.7 Å². The monoisotopic (exact) mass is 657 g/mol. The molecular formula is C33H35ClF3N5O4. The second-order valence-electron chi connectivity index (χ2n) is 11.4. The third-order valence-corrected chi connectivity index (χ3v) is 8.38. The molecule has 2 aromatic carbocycles. The Hall–Kier alpha value is -4.32. The second kappa shape index (κ2) is 13.6. The summed E-state index contributed by atoms with van der Waals surface area (Å²) in [7, 11) is 1.57. The first-order chi connectivity index (χ1) is 22.0. The third kappa shape index (κ3) is 7.22. The van der Waals surface area contributed by atoms with Gasteiger partial charge in [-0.3, -0.25) is 14.3 Å². The number of pyridine rings is 1. The Morgan fingerprint density at radius 2 is 1.91 bits per heavy atom. The largest absolute Gasteiger partial charge is 0.494 e. The molecule has 2 amide bonds. The zero-order valence-corrected chi connectivity index (χ0v) is 26.4. The molecule has 3 N–H and O–H groups in total. The number of alkyl halides is 3. The quantitative estimate of drug-likeness (QED) is 0.180. The lowest BCUT2D eigenvalue weighted by Gasteiger charge is -2.21. The Balaban J connectivity index is 0.00000134. The molecule has 0 saturated heterocycles. The standard InChI is InChI=1S/C32H32ClF3N4O3.CH3NO/c1-4-43-30-17(2)11-26(38-29(30)23-10-7-21(14-25(23)33)32(34,35)36)24(18-5-6-18)15-37-31(41)19-12-20-16-40(22-8-9-22)39-28(20)27(13-19)42-3;2-1-3/h7,10-14,16,18,22,24H,4-6,8-9,15H2,1-3H3,(H,37,41);1H,(H2,2,3). The van der Waals surface area contributed by atoms with Crippen LogP contribution in [0.25, 0.3) is 22.2 Å². The van der Waals surface area contributed by atoms with Gasteiger partial charge in [0.1, 0.15) is 22.7 Å². The fourth-order valence-electron chi connectivity index (χ4n) is 5.52. The molecule has 1 unspecified atom stereocenters. The molecule has 2 fully saturated rings. The molecule has 2 aliphatic rings. The number of rotatable bonds is 10. The number of benzene rings is 2. The van der Waals surface area contributed by atoms with E-state index in [1.807, 2.05) is 36.9 Å². The number of halogens is 4. The van der Waals surface area contributed by atoms with Gasteiger partial charge < -0.3 is 20.5 Å². The van der Waals surface area contributed by atoms with Crippen molar-refractivity contribution in [1.82, 2.24) is 20.1 Å². The number of nitrogens with zero attached hydrogens (tertiary/aromatic N) is 3. The highest BCUT2D eigenvalue weighted by atomic mass is 35.5. The van der Waals surface area contributed by atoms with Crippen molar-refractivity contribution in [1.29, 1.82) is 0 Å². The summed E-state index contributed by atoms with van der Waals surface area (Å²) in [5, 5.41) is 8.52. The molecule has 13 heteroatoms. The number of fused-ring (bicyclic) bond motifs is 1. The first kappa shape index (κ1) is 33.1. The van der Waals surface area contributed by atoms with E-state index in [1.165, 1.54) is 6.07 Å². The minimum atomic E-state index is -4.52. The van der Waals surface area contributed by atoms with Crippen LogP contribution in [-0.4, -0.2) is 47.3 Å². The number of carbonyl (C=O) groups excluding carboxylic acids is 2. The van der Waals surface area contributed by atoms with Crippen LogP contribution in [0.4, 0.5) is 13.2 Å². The number of aromatic nitrogens is 3. The normalized spacial score (nSPS) is 15.1. The second-order valence-corrected chi connectivity index (χ2v) is 11.8. The highest BCUT2D eigenvalue weighted by Gasteiger charge is 2.35. The molecule has 2 saturated carbocycles. The van der Waals surface area contributed by atoms with Crippen molar-refractivity contribution in [2.24, 2.45) is 11.7 Å². The molecular weight excluding hydrogens is 623 g/mol. The third-order valence-electron chi connectivity index (χ3n) is 8.07. The highest BCUT2D eigenvalue weighted by Crippen LogP contribution is 2.45. The topological polar surface area (TPSA) is 121 Å². The van der Waals surface area contributed by atoms with Gasteiger partial charge in [-0.05, 0) is 81.3 Å². The summed E-state index contributed by atoms with van der Waals surface area (Å²) in [5.74, 6) is 0.989. The zero-order valence-electron chi connectivity index (χ0n) is 25.7. The van der Waals surface area contributed by atoms with E-state index in [1.54, 1.807) is 13.2 Å². The van der Waals surface area contributed by atoms with Crippen molar-refractivity contribution in [3.05, 3.63) is 70.0 Å². The van der Waals surface area contributed by atoms with Gasteiger partial charge in [0.05, 0.1) is 30.3 Å². The lowest BCUT2D eigenvalue weighted by molar-refractivity contribution is -0.137. The number of methoxy groups -OCH3 is 1. The van der Waals surface area contributed by atoms with Gasteiger partial charge in [0.15, 0.2) is 0 Å². The minimum absolute atomic E-state index is 0.0644. The van der Waals surface area contributed by atoms with Crippen LogP contribution < -0.4 is 20.5 Å². The number of primary amides is 1. The van der Waals surface area contributed by atoms with Crippen molar-refractivity contribution in [2.45, 2.75) is 57.7 Å². The van der Waals surface area contributed by atoms with Crippen LogP contribution in [0.3, 0.4) is 0 Å². The summed E-state index contributed by atoms with van der Waals surface area (Å²) in [6.07, 6.45) is 1.86. The van der Waals surface area contributed by atoms with Gasteiger partial charge in [-0.2, -0.15) is 18.3 Å². The van der Waals surface area contributed by atoms with E-state index in [-0.39, 0.29) is 23.3 Å². The molecule has 6 rings (SSSR count). The fourth-order valence-corrected chi connectivity index (χ4v) is 5.79. The number of nitrogens with one attached hydrogen (secondary N) is 1. The molecule has 2 heterocycles. The molecule has 244 valence electrons. The van der Waals surface area contributed by atoms with Crippen LogP contribution >= 0.6 is 11.6 Å². The number of amides is 2. The number of hydrogen-bond acceptors (Lipinski definition) is 6. The average Bonchev–Trinajstić information content (AvgIpc) is 3.96. The molecule has 2 aliphatic carbocycles. The van der Waals surface area contributed by atoms with Crippen LogP contribution in [-0.2, 0) is 11.0 Å². The number of nitrogens with two attached hydrogens (primary N) is 1. The van der Waals surface area contributed by atoms with E-state index in [4.69, 9.17) is 30.9 Å². The molecule has 0 bridgehead atoms. The van der Waals surface area contributed by atoms with E-state index in [0.29, 0.717) is 53.4 Å². The molecule has 9 nitrogen and oxygen atoms in total. The highest BCUT2D eigenvalue weighted by molar-refractivity contribution is 6.33. The minimum Gasteiger partial charge on any atom is -0.494 e. The predicted octanol–water partition coefficient (Wildman–Crippen LogP) is 6.85. The molecule has 0 aliphatic heterocycles. The average molecular weight is 658 g/mol. The summed E-state index contributed by atoms with van der Waals surface area (Å²) >= 11 is 6.39. The van der Waals surface area contributed by atoms with E-state index in [0.717, 1.165) is 60.0 Å². The first-order valence-electron chi connectivity index (χ1n) is 15.0. The summed E-state index contributed by atoms with van der Waals surface area (Å²) in [6.45, 7) is 4.40. The Labute approximate surface area is 269 Å². The van der Waals surface area contributed by atoms with Gasteiger partial charge in [-0.25, -0.2) is 4.98 Å². The van der Waals surface area contributed by atoms with Gasteiger partial charge >= 0.3 is 6.18 Å². The maximum absolute atomic E-state index is 13.4. The van der Waals surface area contributed by atoms with Crippen molar-refractivity contribution in [2.75, 3.05) is 20.3 Å². The van der Waals surface area contributed by atoms with Crippen molar-refractivity contribution in [3.8, 4) is 22.8 Å². The van der Waals surface area contributed by atoms with Crippen LogP contribution in [0, 0.1) is 12.8 Å². The Kier molecular flexibility index (Phi) is 9.76. The molecule has 46 heavy (non-hydrogen) atoms. The molecule has 2 aromatic heterocycles. The van der Waals surface area contributed by atoms with E-state index >= 15 is 0 Å². The first-order valence-corrected chi connectivity index (χ1v) is 15.4. The molecule has 1 atom stereocenters. The molecule has 0 spiro atoms. The van der Waals surface area contributed by atoms with Gasteiger partial charge in [0.2, 0.25) is 6.41 Å². The number of ether oxygens (including phenoxy) is 2. The van der Waals surface area contributed by atoms with Gasteiger partial charge in [0, 0.05) is 40.9 Å². The lowest BCUT2D eigenvalue weighted by atomic mass is 9.95. The maximum Gasteiger partial charge on any atom is 0.416 e.